The van der Waals surface area contributed by atoms with Gasteiger partial charge in [0.25, 0.3) is 0 Å². The third-order valence-electron chi connectivity index (χ3n) is 5.14. The number of nitrogens with zero attached hydrogens (tertiary/aromatic N) is 1. The normalized spacial score (nSPS) is 23.5. The molecule has 0 spiro atoms. The molecule has 2 aliphatic heterocycles. The Bertz CT molecular complexity index is 884. The zero-order chi connectivity index (χ0) is 17.4. The predicted molar refractivity (Wildman–Crippen MR) is 94.9 cm³/mol. The maximum atomic E-state index is 13.2. The van der Waals surface area contributed by atoms with E-state index in [-0.39, 0.29) is 16.2 Å². The summed E-state index contributed by atoms with van der Waals surface area (Å²) in [6.45, 7) is 2.77. The summed E-state index contributed by atoms with van der Waals surface area (Å²) in [7, 11) is -3.68. The van der Waals surface area contributed by atoms with Gasteiger partial charge < -0.3 is 5.32 Å². The molecule has 0 saturated carbocycles. The average molecular weight is 356 g/mol. The van der Waals surface area contributed by atoms with Crippen LogP contribution in [0.3, 0.4) is 0 Å². The summed E-state index contributed by atoms with van der Waals surface area (Å²) in [4.78, 5) is 12.9. The van der Waals surface area contributed by atoms with Gasteiger partial charge in [-0.15, -0.1) is 0 Å². The van der Waals surface area contributed by atoms with E-state index < -0.39 is 10.0 Å². The number of ketones is 1. The van der Waals surface area contributed by atoms with Crippen molar-refractivity contribution < 1.29 is 13.2 Å². The van der Waals surface area contributed by atoms with Gasteiger partial charge in [-0.1, -0.05) is 42.5 Å². The maximum Gasteiger partial charge on any atom is 0.243 e. The molecule has 2 aliphatic rings. The van der Waals surface area contributed by atoms with Crippen molar-refractivity contribution in [3.05, 3.63) is 65.7 Å². The molecule has 0 aliphatic carbocycles. The van der Waals surface area contributed by atoms with E-state index in [0.717, 1.165) is 13.1 Å². The van der Waals surface area contributed by atoms with Crippen molar-refractivity contribution in [2.75, 3.05) is 26.2 Å². The number of sulfonamides is 1. The second kappa shape index (κ2) is 6.37. The highest BCUT2D eigenvalue weighted by atomic mass is 32.2. The molecule has 2 saturated heterocycles. The molecule has 2 fully saturated rings. The first-order valence-electron chi connectivity index (χ1n) is 8.47. The molecule has 5 nitrogen and oxygen atoms in total. The lowest BCUT2D eigenvalue weighted by Gasteiger charge is -2.19. The number of rotatable bonds is 4. The Hall–Kier alpha value is -2.02. The molecule has 4 rings (SSSR count). The van der Waals surface area contributed by atoms with Crippen LogP contribution in [0.5, 0.6) is 0 Å². The second-order valence-electron chi connectivity index (χ2n) is 6.69. The van der Waals surface area contributed by atoms with Gasteiger partial charge in [0.05, 0.1) is 4.90 Å². The minimum atomic E-state index is -3.68. The quantitative estimate of drug-likeness (QED) is 0.848. The molecule has 0 amide bonds. The molecule has 0 radical (unpaired) electrons. The van der Waals surface area contributed by atoms with Crippen LogP contribution in [0.25, 0.3) is 0 Å². The largest absolute Gasteiger partial charge is 0.316 e. The lowest BCUT2D eigenvalue weighted by molar-refractivity contribution is 0.103. The molecule has 25 heavy (non-hydrogen) atoms. The Morgan fingerprint density at radius 1 is 0.920 bits per heavy atom. The fourth-order valence-electron chi connectivity index (χ4n) is 3.77. The van der Waals surface area contributed by atoms with Crippen molar-refractivity contribution in [3.63, 3.8) is 0 Å². The van der Waals surface area contributed by atoms with Crippen LogP contribution in [0, 0.1) is 11.8 Å². The highest BCUT2D eigenvalue weighted by molar-refractivity contribution is 7.89. The molecule has 6 heteroatoms. The number of fused-ring (bicyclic) bond motifs is 1. The van der Waals surface area contributed by atoms with E-state index in [9.17, 15) is 13.2 Å². The molecule has 2 aromatic carbocycles. The summed E-state index contributed by atoms with van der Waals surface area (Å²) < 4.78 is 27.9. The number of hydrogen-bond donors (Lipinski definition) is 1. The van der Waals surface area contributed by atoms with E-state index >= 15 is 0 Å². The van der Waals surface area contributed by atoms with Gasteiger partial charge in [-0.05, 0) is 37.1 Å². The summed E-state index contributed by atoms with van der Waals surface area (Å²) in [5, 5.41) is 3.31. The van der Waals surface area contributed by atoms with Crippen LogP contribution in [0.4, 0.5) is 0 Å². The monoisotopic (exact) mass is 356 g/mol. The van der Waals surface area contributed by atoms with Crippen LogP contribution in [-0.2, 0) is 10.0 Å². The van der Waals surface area contributed by atoms with E-state index in [0.29, 0.717) is 30.5 Å². The van der Waals surface area contributed by atoms with Crippen LogP contribution < -0.4 is 5.32 Å². The first-order chi connectivity index (χ1) is 12.1. The van der Waals surface area contributed by atoms with Gasteiger partial charge in [0, 0.05) is 24.2 Å². The van der Waals surface area contributed by atoms with Crippen molar-refractivity contribution in [1.82, 2.24) is 9.62 Å². The number of benzene rings is 2. The van der Waals surface area contributed by atoms with Crippen molar-refractivity contribution in [2.24, 2.45) is 11.8 Å². The third kappa shape index (κ3) is 2.90. The zero-order valence-corrected chi connectivity index (χ0v) is 14.6. The van der Waals surface area contributed by atoms with Crippen LogP contribution in [0.15, 0.2) is 59.5 Å². The summed E-state index contributed by atoms with van der Waals surface area (Å²) in [5.41, 5.74) is 0.733. The van der Waals surface area contributed by atoms with Crippen molar-refractivity contribution in [3.8, 4) is 0 Å². The van der Waals surface area contributed by atoms with Crippen LogP contribution >= 0.6 is 0 Å². The molecular weight excluding hydrogens is 336 g/mol. The highest BCUT2D eigenvalue weighted by Gasteiger charge is 2.42. The Balaban J connectivity index is 1.70. The van der Waals surface area contributed by atoms with Gasteiger partial charge in [-0.25, -0.2) is 8.42 Å². The summed E-state index contributed by atoms with van der Waals surface area (Å²) in [5.74, 6) is 0.472. The molecular formula is C19H20N2O3S. The molecule has 0 aromatic heterocycles. The first kappa shape index (κ1) is 16.4. The van der Waals surface area contributed by atoms with Crippen LogP contribution in [0.1, 0.15) is 15.9 Å². The molecule has 0 unspecified atom stereocenters. The Labute approximate surface area is 147 Å². The number of hydrogen-bond acceptors (Lipinski definition) is 4. The van der Waals surface area contributed by atoms with E-state index in [4.69, 9.17) is 0 Å². The van der Waals surface area contributed by atoms with Crippen molar-refractivity contribution in [1.29, 1.82) is 0 Å². The fourth-order valence-corrected chi connectivity index (χ4v) is 5.51. The molecule has 2 aromatic rings. The maximum absolute atomic E-state index is 13.2. The summed E-state index contributed by atoms with van der Waals surface area (Å²) in [6, 6.07) is 15.3. The second-order valence-corrected chi connectivity index (χ2v) is 8.60. The molecule has 0 bridgehead atoms. The molecule has 2 atom stereocenters. The van der Waals surface area contributed by atoms with E-state index in [1.165, 1.54) is 6.07 Å². The Morgan fingerprint density at radius 3 is 2.20 bits per heavy atom. The van der Waals surface area contributed by atoms with Gasteiger partial charge >= 0.3 is 0 Å². The SMILES string of the molecule is O=C(c1ccccc1)c1ccccc1S(=O)(=O)N1C[C@H]2CNC[C@H]2C1. The predicted octanol–water partition coefficient (Wildman–Crippen LogP) is 1.76. The van der Waals surface area contributed by atoms with Gasteiger partial charge in [0.2, 0.25) is 10.0 Å². The lowest BCUT2D eigenvalue weighted by Crippen LogP contribution is -2.32. The Kier molecular flexibility index (Phi) is 4.19. The summed E-state index contributed by atoms with van der Waals surface area (Å²) >= 11 is 0. The minimum Gasteiger partial charge on any atom is -0.316 e. The van der Waals surface area contributed by atoms with Gasteiger partial charge in [-0.2, -0.15) is 4.31 Å². The van der Waals surface area contributed by atoms with Crippen molar-refractivity contribution >= 4 is 15.8 Å². The summed E-state index contributed by atoms with van der Waals surface area (Å²) in [6.07, 6.45) is 0. The highest BCUT2D eigenvalue weighted by Crippen LogP contribution is 2.32. The van der Waals surface area contributed by atoms with Gasteiger partial charge in [0.1, 0.15) is 0 Å². The van der Waals surface area contributed by atoms with E-state index in [2.05, 4.69) is 5.32 Å². The first-order valence-corrected chi connectivity index (χ1v) is 9.91. The number of carbonyl (C=O) groups excluding carboxylic acids is 1. The minimum absolute atomic E-state index is 0.108. The number of nitrogens with one attached hydrogen (secondary N) is 1. The third-order valence-corrected chi connectivity index (χ3v) is 7.03. The van der Waals surface area contributed by atoms with Crippen LogP contribution in [-0.4, -0.2) is 44.7 Å². The Morgan fingerprint density at radius 2 is 1.52 bits per heavy atom. The van der Waals surface area contributed by atoms with E-state index in [1.54, 1.807) is 46.8 Å². The number of carbonyl (C=O) groups is 1. The average Bonchev–Trinajstić information content (AvgIpc) is 3.24. The molecule has 1 N–H and O–H groups in total. The smallest absolute Gasteiger partial charge is 0.243 e. The zero-order valence-electron chi connectivity index (χ0n) is 13.8. The molecule has 2 heterocycles. The lowest BCUT2D eigenvalue weighted by atomic mass is 10.0. The van der Waals surface area contributed by atoms with Gasteiger partial charge in [0.15, 0.2) is 5.78 Å². The van der Waals surface area contributed by atoms with Crippen LogP contribution in [0.2, 0.25) is 0 Å². The fraction of sp³-hybridized carbons (Fsp3) is 0.316. The van der Waals surface area contributed by atoms with Gasteiger partial charge in [-0.3, -0.25) is 4.79 Å². The van der Waals surface area contributed by atoms with Crippen molar-refractivity contribution in [2.45, 2.75) is 4.90 Å². The standard InChI is InChI=1S/C19H20N2O3S/c22-19(14-6-2-1-3-7-14)17-8-4-5-9-18(17)25(23,24)21-12-15-10-20-11-16(15)13-21/h1-9,15-16,20H,10-13H2/t15-,16+. The van der Waals surface area contributed by atoms with E-state index in [1.807, 2.05) is 6.07 Å². The molecule has 130 valence electrons. The topological polar surface area (TPSA) is 66.5 Å².